The summed E-state index contributed by atoms with van der Waals surface area (Å²) in [4.78, 5) is 31.0. The van der Waals surface area contributed by atoms with Crippen LogP contribution in [-0.2, 0) is 9.47 Å². The third-order valence-electron chi connectivity index (χ3n) is 2.84. The van der Waals surface area contributed by atoms with Crippen molar-refractivity contribution in [1.29, 1.82) is 0 Å². The lowest BCUT2D eigenvalue weighted by Gasteiger charge is -2.08. The first-order valence-corrected chi connectivity index (χ1v) is 6.41. The smallest absolute Gasteiger partial charge is 0.357 e. The molecule has 0 spiro atoms. The van der Waals surface area contributed by atoms with E-state index in [0.29, 0.717) is 5.65 Å². The lowest BCUT2D eigenvalue weighted by atomic mass is 10.1. The van der Waals surface area contributed by atoms with E-state index in [1.54, 1.807) is 26.1 Å². The number of nitrogens with one attached hydrogen (secondary N) is 1. The maximum Gasteiger partial charge on any atom is 0.357 e. The molecule has 0 aliphatic carbocycles. The second kappa shape index (κ2) is 5.73. The number of hydrogen-bond acceptors (Lipinski definition) is 5. The fraction of sp³-hybridized carbons (Fsp3) is 0.357. The summed E-state index contributed by atoms with van der Waals surface area (Å²) in [6.45, 7) is 5.73. The van der Waals surface area contributed by atoms with Crippen molar-refractivity contribution in [3.63, 3.8) is 0 Å². The van der Waals surface area contributed by atoms with Crippen LogP contribution < -0.4 is 0 Å². The summed E-state index contributed by atoms with van der Waals surface area (Å²) in [7, 11) is 0. The van der Waals surface area contributed by atoms with E-state index >= 15 is 0 Å². The van der Waals surface area contributed by atoms with Crippen LogP contribution >= 0.6 is 0 Å². The molecule has 2 rings (SSSR count). The van der Waals surface area contributed by atoms with E-state index in [4.69, 9.17) is 9.47 Å². The van der Waals surface area contributed by atoms with Crippen LogP contribution in [0.2, 0.25) is 0 Å². The van der Waals surface area contributed by atoms with E-state index in [2.05, 4.69) is 9.97 Å². The Bertz CT molecular complexity index is 660. The Labute approximate surface area is 116 Å². The SMILES string of the molecule is CCOC(=O)c1cc2c(C)c[nH]c2nc1C(=O)OCC. The topological polar surface area (TPSA) is 81.3 Å². The molecule has 0 saturated heterocycles. The molecule has 6 nitrogen and oxygen atoms in total. The molecule has 0 aromatic carbocycles. The molecule has 106 valence electrons. The summed E-state index contributed by atoms with van der Waals surface area (Å²) in [6, 6.07) is 1.61. The molecule has 2 aromatic heterocycles. The largest absolute Gasteiger partial charge is 0.462 e. The van der Waals surface area contributed by atoms with Crippen LogP contribution in [0.25, 0.3) is 11.0 Å². The lowest BCUT2D eigenvalue weighted by molar-refractivity contribution is 0.0474. The maximum absolute atomic E-state index is 12.0. The van der Waals surface area contributed by atoms with Gasteiger partial charge in [-0.15, -0.1) is 0 Å². The average Bonchev–Trinajstić information content (AvgIpc) is 2.79. The molecule has 2 aromatic rings. The number of aromatic nitrogens is 2. The van der Waals surface area contributed by atoms with E-state index in [0.717, 1.165) is 10.9 Å². The first kappa shape index (κ1) is 14.0. The van der Waals surface area contributed by atoms with Gasteiger partial charge >= 0.3 is 11.9 Å². The first-order valence-electron chi connectivity index (χ1n) is 6.41. The van der Waals surface area contributed by atoms with Crippen molar-refractivity contribution in [2.24, 2.45) is 0 Å². The summed E-state index contributed by atoms with van der Waals surface area (Å²) in [5.41, 5.74) is 1.58. The van der Waals surface area contributed by atoms with Crippen LogP contribution in [0.4, 0.5) is 0 Å². The third-order valence-corrected chi connectivity index (χ3v) is 2.84. The van der Waals surface area contributed by atoms with Crippen LogP contribution in [0.1, 0.15) is 40.3 Å². The predicted octanol–water partition coefficient (Wildman–Crippen LogP) is 2.22. The molecular formula is C14H16N2O4. The molecular weight excluding hydrogens is 260 g/mol. The summed E-state index contributed by atoms with van der Waals surface area (Å²) >= 11 is 0. The van der Waals surface area contributed by atoms with Gasteiger partial charge in [-0.05, 0) is 32.4 Å². The molecule has 0 aliphatic rings. The molecule has 0 atom stereocenters. The van der Waals surface area contributed by atoms with Crippen LogP contribution in [0.5, 0.6) is 0 Å². The molecule has 0 saturated carbocycles. The Morgan fingerprint density at radius 2 is 1.85 bits per heavy atom. The van der Waals surface area contributed by atoms with Crippen molar-refractivity contribution in [3.05, 3.63) is 29.1 Å². The fourth-order valence-electron chi connectivity index (χ4n) is 1.90. The van der Waals surface area contributed by atoms with Crippen LogP contribution in [0, 0.1) is 6.92 Å². The van der Waals surface area contributed by atoms with Gasteiger partial charge in [-0.2, -0.15) is 0 Å². The number of rotatable bonds is 4. The zero-order valence-corrected chi connectivity index (χ0v) is 11.6. The van der Waals surface area contributed by atoms with Crippen LogP contribution in [0.3, 0.4) is 0 Å². The fourth-order valence-corrected chi connectivity index (χ4v) is 1.90. The molecule has 0 unspecified atom stereocenters. The highest BCUT2D eigenvalue weighted by molar-refractivity contribution is 6.04. The molecule has 0 bridgehead atoms. The number of carbonyl (C=O) groups excluding carboxylic acids is 2. The second-order valence-electron chi connectivity index (χ2n) is 4.19. The molecule has 2 heterocycles. The predicted molar refractivity (Wildman–Crippen MR) is 72.7 cm³/mol. The van der Waals surface area contributed by atoms with Gasteiger partial charge in [0, 0.05) is 11.6 Å². The van der Waals surface area contributed by atoms with E-state index in [1.165, 1.54) is 0 Å². The Morgan fingerprint density at radius 3 is 2.50 bits per heavy atom. The third kappa shape index (κ3) is 2.49. The minimum absolute atomic E-state index is 0.0281. The number of nitrogens with zero attached hydrogens (tertiary/aromatic N) is 1. The van der Waals surface area contributed by atoms with Gasteiger partial charge in [0.05, 0.1) is 18.8 Å². The van der Waals surface area contributed by atoms with Crippen LogP contribution in [0.15, 0.2) is 12.3 Å². The zero-order valence-electron chi connectivity index (χ0n) is 11.6. The summed E-state index contributed by atoms with van der Waals surface area (Å²) in [5, 5.41) is 0.779. The van der Waals surface area contributed by atoms with Crippen LogP contribution in [-0.4, -0.2) is 35.1 Å². The highest BCUT2D eigenvalue weighted by Crippen LogP contribution is 2.21. The monoisotopic (exact) mass is 276 g/mol. The number of ether oxygens (including phenoxy) is 2. The summed E-state index contributed by atoms with van der Waals surface area (Å²) in [5.74, 6) is -1.21. The number of carbonyl (C=O) groups is 2. The molecule has 1 N–H and O–H groups in total. The van der Waals surface area contributed by atoms with E-state index in [1.807, 2.05) is 6.92 Å². The number of fused-ring (bicyclic) bond motifs is 1. The van der Waals surface area contributed by atoms with Gasteiger partial charge in [-0.1, -0.05) is 0 Å². The normalized spacial score (nSPS) is 10.6. The number of aryl methyl sites for hydroxylation is 1. The minimum Gasteiger partial charge on any atom is -0.462 e. The van der Waals surface area contributed by atoms with Crippen molar-refractivity contribution in [1.82, 2.24) is 9.97 Å². The highest BCUT2D eigenvalue weighted by Gasteiger charge is 2.23. The number of hydrogen-bond donors (Lipinski definition) is 1. The molecule has 0 radical (unpaired) electrons. The van der Waals surface area contributed by atoms with Gasteiger partial charge < -0.3 is 14.5 Å². The Kier molecular flexibility index (Phi) is 4.02. The van der Waals surface area contributed by atoms with E-state index in [9.17, 15) is 9.59 Å². The quantitative estimate of drug-likeness (QED) is 0.866. The van der Waals surface area contributed by atoms with Gasteiger partial charge in [-0.25, -0.2) is 14.6 Å². The summed E-state index contributed by atoms with van der Waals surface area (Å²) in [6.07, 6.45) is 1.77. The van der Waals surface area contributed by atoms with Gasteiger partial charge in [-0.3, -0.25) is 0 Å². The van der Waals surface area contributed by atoms with Crippen molar-refractivity contribution in [2.45, 2.75) is 20.8 Å². The molecule has 0 aliphatic heterocycles. The lowest BCUT2D eigenvalue weighted by Crippen LogP contribution is -2.16. The van der Waals surface area contributed by atoms with Gasteiger partial charge in [0.15, 0.2) is 5.69 Å². The maximum atomic E-state index is 12.0. The highest BCUT2D eigenvalue weighted by atomic mass is 16.5. The van der Waals surface area contributed by atoms with E-state index in [-0.39, 0.29) is 24.5 Å². The number of aromatic amines is 1. The number of H-pyrrole nitrogens is 1. The number of esters is 2. The van der Waals surface area contributed by atoms with Crippen molar-refractivity contribution in [2.75, 3.05) is 13.2 Å². The Morgan fingerprint density at radius 1 is 1.20 bits per heavy atom. The van der Waals surface area contributed by atoms with Crippen molar-refractivity contribution >= 4 is 23.0 Å². The second-order valence-corrected chi connectivity index (χ2v) is 4.19. The van der Waals surface area contributed by atoms with Gasteiger partial charge in [0.2, 0.25) is 0 Å². The molecule has 20 heavy (non-hydrogen) atoms. The molecule has 0 fully saturated rings. The summed E-state index contributed by atoms with van der Waals surface area (Å²) < 4.78 is 9.89. The minimum atomic E-state index is -0.635. The van der Waals surface area contributed by atoms with Gasteiger partial charge in [0.25, 0.3) is 0 Å². The number of pyridine rings is 1. The first-order chi connectivity index (χ1) is 9.58. The Balaban J connectivity index is 2.59. The van der Waals surface area contributed by atoms with Gasteiger partial charge in [0.1, 0.15) is 5.65 Å². The zero-order chi connectivity index (χ0) is 14.7. The van der Waals surface area contributed by atoms with E-state index < -0.39 is 11.9 Å². The average molecular weight is 276 g/mol. The Hall–Kier alpha value is -2.37. The molecule has 0 amide bonds. The van der Waals surface area contributed by atoms with Crippen molar-refractivity contribution < 1.29 is 19.1 Å². The standard InChI is InChI=1S/C14H16N2O4/c1-4-19-13(17)10-6-9-8(3)7-15-12(9)16-11(10)14(18)20-5-2/h6-7H,4-5H2,1-3H3,(H,15,16). The molecule has 6 heteroatoms. The van der Waals surface area contributed by atoms with Crippen molar-refractivity contribution in [3.8, 4) is 0 Å².